The Kier molecular flexibility index (Phi) is 11.7. The first-order valence-corrected chi connectivity index (χ1v) is 5.39. The van der Waals surface area contributed by atoms with Gasteiger partial charge in [0, 0.05) is 19.6 Å². The minimum Gasteiger partial charge on any atom is -0.394 e. The number of aliphatic hydroxyl groups excluding tert-OH is 1. The Morgan fingerprint density at radius 2 is 1.60 bits per heavy atom. The number of rotatable bonds is 11. The van der Waals surface area contributed by atoms with E-state index in [1.165, 1.54) is 0 Å². The third-order valence-corrected chi connectivity index (χ3v) is 1.76. The van der Waals surface area contributed by atoms with Crippen LogP contribution in [0.3, 0.4) is 0 Å². The Balaban J connectivity index is 2.87. The summed E-state index contributed by atoms with van der Waals surface area (Å²) in [6.45, 7) is 5.25. The first-order valence-electron chi connectivity index (χ1n) is 5.39. The van der Waals surface area contributed by atoms with Crippen molar-refractivity contribution in [1.29, 1.82) is 0 Å². The van der Waals surface area contributed by atoms with Gasteiger partial charge in [0.25, 0.3) is 0 Å². The minimum absolute atomic E-state index is 0.0909. The summed E-state index contributed by atoms with van der Waals surface area (Å²) >= 11 is 0. The molecule has 15 heavy (non-hydrogen) atoms. The summed E-state index contributed by atoms with van der Waals surface area (Å²) in [5, 5.41) is 11.6. The van der Waals surface area contributed by atoms with Gasteiger partial charge < -0.3 is 24.8 Å². The van der Waals surface area contributed by atoms with E-state index in [0.717, 1.165) is 32.8 Å². The second-order valence-electron chi connectivity index (χ2n) is 3.50. The predicted molar refractivity (Wildman–Crippen MR) is 60.1 cm³/mol. The predicted octanol–water partition coefficient (Wildman–Crippen LogP) is -0.837. The molecule has 0 aromatic carbocycles. The molecule has 0 aromatic heterocycles. The SMILES string of the molecule is CN(C)CCOCCNCCOCCO. The molecule has 0 saturated carbocycles. The average Bonchev–Trinajstić information content (AvgIpc) is 2.20. The van der Waals surface area contributed by atoms with Gasteiger partial charge in [0.15, 0.2) is 0 Å². The quantitative estimate of drug-likeness (QED) is 0.445. The Bertz CT molecular complexity index is 123. The van der Waals surface area contributed by atoms with E-state index in [9.17, 15) is 0 Å². The van der Waals surface area contributed by atoms with Gasteiger partial charge >= 0.3 is 0 Å². The summed E-state index contributed by atoms with van der Waals surface area (Å²) in [5.41, 5.74) is 0. The lowest BCUT2D eigenvalue weighted by atomic mass is 10.6. The molecule has 0 saturated heterocycles. The Morgan fingerprint density at radius 3 is 2.13 bits per heavy atom. The van der Waals surface area contributed by atoms with Crippen LogP contribution in [0.1, 0.15) is 0 Å². The zero-order valence-electron chi connectivity index (χ0n) is 9.87. The summed E-state index contributed by atoms with van der Waals surface area (Å²) < 4.78 is 10.5. The molecule has 5 nitrogen and oxygen atoms in total. The van der Waals surface area contributed by atoms with Gasteiger partial charge in [-0.2, -0.15) is 0 Å². The highest BCUT2D eigenvalue weighted by atomic mass is 16.5. The summed E-state index contributed by atoms with van der Waals surface area (Å²) in [6, 6.07) is 0. The first kappa shape index (κ1) is 14.8. The van der Waals surface area contributed by atoms with Gasteiger partial charge in [-0.3, -0.25) is 0 Å². The van der Waals surface area contributed by atoms with Crippen molar-refractivity contribution in [2.75, 3.05) is 66.8 Å². The molecule has 0 aliphatic carbocycles. The molecule has 0 spiro atoms. The lowest BCUT2D eigenvalue weighted by Gasteiger charge is -2.10. The van der Waals surface area contributed by atoms with Crippen molar-refractivity contribution in [3.05, 3.63) is 0 Å². The molecule has 0 aromatic rings. The van der Waals surface area contributed by atoms with E-state index in [1.54, 1.807) is 0 Å². The molecule has 0 heterocycles. The molecule has 0 fully saturated rings. The molecule has 0 amide bonds. The topological polar surface area (TPSA) is 54.0 Å². The molecule has 0 aliphatic heterocycles. The van der Waals surface area contributed by atoms with E-state index >= 15 is 0 Å². The van der Waals surface area contributed by atoms with Crippen LogP contribution in [-0.4, -0.2) is 76.8 Å². The van der Waals surface area contributed by atoms with E-state index in [4.69, 9.17) is 14.6 Å². The molecule has 0 aliphatic rings. The van der Waals surface area contributed by atoms with Crippen molar-refractivity contribution in [1.82, 2.24) is 10.2 Å². The van der Waals surface area contributed by atoms with Crippen molar-refractivity contribution in [3.8, 4) is 0 Å². The van der Waals surface area contributed by atoms with E-state index in [0.29, 0.717) is 13.2 Å². The van der Waals surface area contributed by atoms with E-state index < -0.39 is 0 Å². The normalized spacial score (nSPS) is 11.2. The lowest BCUT2D eigenvalue weighted by molar-refractivity contribution is 0.0896. The van der Waals surface area contributed by atoms with Gasteiger partial charge in [0.2, 0.25) is 0 Å². The number of hydrogen-bond donors (Lipinski definition) is 2. The Morgan fingerprint density at radius 1 is 1.00 bits per heavy atom. The van der Waals surface area contributed by atoms with Gasteiger partial charge in [-0.15, -0.1) is 0 Å². The Labute approximate surface area is 92.4 Å². The fourth-order valence-corrected chi connectivity index (χ4v) is 0.929. The number of likely N-dealkylation sites (N-methyl/N-ethyl adjacent to an activating group) is 1. The highest BCUT2D eigenvalue weighted by Crippen LogP contribution is 1.78. The smallest absolute Gasteiger partial charge is 0.0698 e. The highest BCUT2D eigenvalue weighted by molar-refractivity contribution is 4.46. The van der Waals surface area contributed by atoms with Crippen LogP contribution in [-0.2, 0) is 9.47 Å². The average molecular weight is 220 g/mol. The van der Waals surface area contributed by atoms with Crippen molar-refractivity contribution in [2.24, 2.45) is 0 Å². The van der Waals surface area contributed by atoms with Crippen LogP contribution >= 0.6 is 0 Å². The van der Waals surface area contributed by atoms with Gasteiger partial charge in [-0.25, -0.2) is 0 Å². The first-order chi connectivity index (χ1) is 7.27. The summed E-state index contributed by atoms with van der Waals surface area (Å²) in [4.78, 5) is 2.09. The van der Waals surface area contributed by atoms with Crippen LogP contribution in [0.4, 0.5) is 0 Å². The molecule has 0 rings (SSSR count). The van der Waals surface area contributed by atoms with Crippen LogP contribution in [0.5, 0.6) is 0 Å². The van der Waals surface area contributed by atoms with Gasteiger partial charge in [-0.1, -0.05) is 0 Å². The van der Waals surface area contributed by atoms with E-state index in [-0.39, 0.29) is 6.61 Å². The van der Waals surface area contributed by atoms with Crippen molar-refractivity contribution in [2.45, 2.75) is 0 Å². The highest BCUT2D eigenvalue weighted by Gasteiger charge is 1.91. The molecular formula is C10H24N2O3. The second kappa shape index (κ2) is 11.9. The van der Waals surface area contributed by atoms with Crippen molar-refractivity contribution in [3.63, 3.8) is 0 Å². The van der Waals surface area contributed by atoms with Gasteiger partial charge in [0.05, 0.1) is 33.0 Å². The largest absolute Gasteiger partial charge is 0.394 e. The number of nitrogens with one attached hydrogen (secondary N) is 1. The fraction of sp³-hybridized carbons (Fsp3) is 1.00. The standard InChI is InChI=1S/C10H24N2O3/c1-12(2)5-9-14-7-3-11-4-8-15-10-6-13/h11,13H,3-10H2,1-2H3. The number of aliphatic hydroxyl groups is 1. The monoisotopic (exact) mass is 220 g/mol. The van der Waals surface area contributed by atoms with Gasteiger partial charge in [0.1, 0.15) is 0 Å². The molecule has 5 heteroatoms. The Hall–Kier alpha value is -0.200. The van der Waals surface area contributed by atoms with Crippen molar-refractivity contribution < 1.29 is 14.6 Å². The van der Waals surface area contributed by atoms with Crippen LogP contribution in [0.2, 0.25) is 0 Å². The van der Waals surface area contributed by atoms with Crippen molar-refractivity contribution >= 4 is 0 Å². The molecule has 92 valence electrons. The van der Waals surface area contributed by atoms with Gasteiger partial charge in [-0.05, 0) is 14.1 Å². The van der Waals surface area contributed by atoms with E-state index in [2.05, 4.69) is 10.2 Å². The summed E-state index contributed by atoms with van der Waals surface area (Å²) in [7, 11) is 4.06. The van der Waals surface area contributed by atoms with Crippen LogP contribution in [0.25, 0.3) is 0 Å². The maximum absolute atomic E-state index is 8.44. The third kappa shape index (κ3) is 13.8. The lowest BCUT2D eigenvalue weighted by Crippen LogP contribution is -2.26. The summed E-state index contributed by atoms with van der Waals surface area (Å²) in [6.07, 6.45) is 0. The van der Waals surface area contributed by atoms with Crippen LogP contribution in [0, 0.1) is 0 Å². The zero-order chi connectivity index (χ0) is 11.4. The molecule has 0 radical (unpaired) electrons. The van der Waals surface area contributed by atoms with Crippen LogP contribution < -0.4 is 5.32 Å². The van der Waals surface area contributed by atoms with Crippen LogP contribution in [0.15, 0.2) is 0 Å². The fourth-order valence-electron chi connectivity index (χ4n) is 0.929. The number of ether oxygens (including phenoxy) is 2. The second-order valence-corrected chi connectivity index (χ2v) is 3.50. The third-order valence-electron chi connectivity index (χ3n) is 1.76. The maximum Gasteiger partial charge on any atom is 0.0698 e. The summed E-state index contributed by atoms with van der Waals surface area (Å²) in [5.74, 6) is 0. The zero-order valence-corrected chi connectivity index (χ0v) is 9.87. The maximum atomic E-state index is 8.44. The number of nitrogens with zero attached hydrogens (tertiary/aromatic N) is 1. The molecule has 0 bridgehead atoms. The molecule has 0 atom stereocenters. The molecular weight excluding hydrogens is 196 g/mol. The molecule has 0 unspecified atom stereocenters. The molecule has 2 N–H and O–H groups in total. The minimum atomic E-state index is 0.0909. The van der Waals surface area contributed by atoms with E-state index in [1.807, 2.05) is 14.1 Å². The number of hydrogen-bond acceptors (Lipinski definition) is 5.